The molecular weight excluding hydrogens is 185 g/mol. The summed E-state index contributed by atoms with van der Waals surface area (Å²) < 4.78 is 13.0. The van der Waals surface area contributed by atoms with Gasteiger partial charge in [0.05, 0.1) is 5.69 Å². The second-order valence-electron chi connectivity index (χ2n) is 3.34. The van der Waals surface area contributed by atoms with Crippen molar-refractivity contribution < 1.29 is 4.39 Å². The summed E-state index contributed by atoms with van der Waals surface area (Å²) in [5.41, 5.74) is 0.472. The molecule has 11 heavy (non-hydrogen) atoms. The van der Waals surface area contributed by atoms with Crippen molar-refractivity contribution in [2.75, 3.05) is 0 Å². The van der Waals surface area contributed by atoms with E-state index in [4.69, 9.17) is 11.6 Å². The predicted octanol–water partition coefficient (Wildman–Crippen LogP) is 3.23. The second kappa shape index (κ2) is 2.72. The molecule has 0 N–H and O–H groups in total. The maximum atomic E-state index is 12.5. The molecule has 0 spiro atoms. The summed E-state index contributed by atoms with van der Waals surface area (Å²) in [6.45, 7) is 5.86. The number of halogens is 2. The Morgan fingerprint density at radius 3 is 2.18 bits per heavy atom. The first kappa shape index (κ1) is 8.94. The lowest BCUT2D eigenvalue weighted by Gasteiger charge is -2.14. The minimum atomic E-state index is -0.458. The van der Waals surface area contributed by atoms with E-state index in [1.54, 1.807) is 0 Å². The molecule has 4 heteroatoms. The molecule has 0 aliphatic carbocycles. The molecule has 62 valence electrons. The van der Waals surface area contributed by atoms with Crippen LogP contribution < -0.4 is 0 Å². The SMILES string of the molecule is CC(C)(C)c1nc(F)sc1Cl. The van der Waals surface area contributed by atoms with Crippen molar-refractivity contribution in [2.45, 2.75) is 26.2 Å². The average Bonchev–Trinajstić information content (AvgIpc) is 2.08. The number of aromatic nitrogens is 1. The maximum absolute atomic E-state index is 12.5. The standard InChI is InChI=1S/C7H9ClFNS/c1-7(2,3)4-5(8)11-6(9)10-4/h1-3H3. The van der Waals surface area contributed by atoms with Crippen molar-refractivity contribution in [1.82, 2.24) is 4.98 Å². The van der Waals surface area contributed by atoms with E-state index in [1.807, 2.05) is 20.8 Å². The lowest BCUT2D eigenvalue weighted by Crippen LogP contribution is -2.12. The highest BCUT2D eigenvalue weighted by Gasteiger charge is 2.22. The van der Waals surface area contributed by atoms with Gasteiger partial charge in [0.1, 0.15) is 4.34 Å². The van der Waals surface area contributed by atoms with Crippen LogP contribution in [0.1, 0.15) is 26.5 Å². The molecule has 0 fully saturated rings. The van der Waals surface area contributed by atoms with E-state index in [2.05, 4.69) is 4.98 Å². The molecule has 1 aromatic heterocycles. The normalized spacial score (nSPS) is 12.1. The highest BCUT2D eigenvalue weighted by atomic mass is 35.5. The van der Waals surface area contributed by atoms with Crippen LogP contribution in [0, 0.1) is 5.26 Å². The third kappa shape index (κ3) is 1.91. The Balaban J connectivity index is 3.13. The van der Waals surface area contributed by atoms with E-state index in [9.17, 15) is 4.39 Å². The minimum absolute atomic E-state index is 0.169. The first-order valence-corrected chi connectivity index (χ1v) is 4.43. The number of thiazole rings is 1. The van der Waals surface area contributed by atoms with Crippen LogP contribution in [0.5, 0.6) is 0 Å². The summed E-state index contributed by atoms with van der Waals surface area (Å²) in [5.74, 6) is 0. The van der Waals surface area contributed by atoms with Gasteiger partial charge in [0, 0.05) is 5.41 Å². The fraction of sp³-hybridized carbons (Fsp3) is 0.571. The van der Waals surface area contributed by atoms with Crippen LogP contribution in [-0.2, 0) is 5.41 Å². The number of hydrogen-bond donors (Lipinski definition) is 0. The molecule has 0 atom stereocenters. The van der Waals surface area contributed by atoms with Gasteiger partial charge in [-0.25, -0.2) is 4.98 Å². The lowest BCUT2D eigenvalue weighted by atomic mass is 9.93. The summed E-state index contributed by atoms with van der Waals surface area (Å²) in [4.78, 5) is 3.70. The van der Waals surface area contributed by atoms with Gasteiger partial charge in [0.15, 0.2) is 0 Å². The first-order valence-electron chi connectivity index (χ1n) is 3.23. The van der Waals surface area contributed by atoms with Crippen LogP contribution in [0.25, 0.3) is 0 Å². The van der Waals surface area contributed by atoms with Gasteiger partial charge in [-0.3, -0.25) is 0 Å². The van der Waals surface area contributed by atoms with Gasteiger partial charge in [-0.1, -0.05) is 43.7 Å². The molecule has 1 nitrogen and oxygen atoms in total. The Bertz CT molecular complexity index is 264. The molecule has 0 unspecified atom stereocenters. The highest BCUT2D eigenvalue weighted by Crippen LogP contribution is 2.32. The number of rotatable bonds is 0. The molecule has 0 bridgehead atoms. The molecule has 1 rings (SSSR count). The predicted molar refractivity (Wildman–Crippen MR) is 45.8 cm³/mol. The summed E-state index contributed by atoms with van der Waals surface area (Å²) in [5, 5.41) is -0.458. The Morgan fingerprint density at radius 2 is 2.00 bits per heavy atom. The van der Waals surface area contributed by atoms with Crippen LogP contribution >= 0.6 is 22.9 Å². The van der Waals surface area contributed by atoms with Crippen molar-refractivity contribution >= 4 is 22.9 Å². The van der Waals surface area contributed by atoms with Gasteiger partial charge in [-0.15, -0.1) is 0 Å². The molecule has 0 amide bonds. The molecule has 0 aromatic carbocycles. The smallest absolute Gasteiger partial charge is 0.212 e. The molecular formula is C7H9ClFNS. The van der Waals surface area contributed by atoms with E-state index in [0.29, 0.717) is 10.0 Å². The number of nitrogens with zero attached hydrogens (tertiary/aromatic N) is 1. The van der Waals surface area contributed by atoms with Gasteiger partial charge in [-0.05, 0) is 0 Å². The molecule has 0 saturated carbocycles. The van der Waals surface area contributed by atoms with Crippen LogP contribution in [0.2, 0.25) is 4.34 Å². The largest absolute Gasteiger partial charge is 0.270 e. The number of hydrogen-bond acceptors (Lipinski definition) is 2. The average molecular weight is 194 g/mol. The van der Waals surface area contributed by atoms with E-state index in [1.165, 1.54) is 0 Å². The van der Waals surface area contributed by atoms with Crippen molar-refractivity contribution in [3.63, 3.8) is 0 Å². The van der Waals surface area contributed by atoms with Gasteiger partial charge >= 0.3 is 0 Å². The van der Waals surface area contributed by atoms with E-state index in [0.717, 1.165) is 11.3 Å². The van der Waals surface area contributed by atoms with Gasteiger partial charge in [-0.2, -0.15) is 4.39 Å². The molecule has 0 aliphatic rings. The van der Waals surface area contributed by atoms with Crippen LogP contribution in [0.4, 0.5) is 4.39 Å². The Morgan fingerprint density at radius 1 is 1.45 bits per heavy atom. The summed E-state index contributed by atoms with van der Waals surface area (Å²) in [6.07, 6.45) is 0. The quantitative estimate of drug-likeness (QED) is 0.617. The highest BCUT2D eigenvalue weighted by molar-refractivity contribution is 7.14. The van der Waals surface area contributed by atoms with E-state index >= 15 is 0 Å². The fourth-order valence-corrected chi connectivity index (χ4v) is 1.99. The molecule has 0 aliphatic heterocycles. The van der Waals surface area contributed by atoms with Crippen LogP contribution in [0.15, 0.2) is 0 Å². The lowest BCUT2D eigenvalue weighted by molar-refractivity contribution is 0.545. The molecule has 0 radical (unpaired) electrons. The van der Waals surface area contributed by atoms with Crippen molar-refractivity contribution in [3.8, 4) is 0 Å². The summed E-state index contributed by atoms with van der Waals surface area (Å²) in [7, 11) is 0. The Labute approximate surface area is 74.2 Å². The topological polar surface area (TPSA) is 12.9 Å². The Hall–Kier alpha value is -0.150. The fourth-order valence-electron chi connectivity index (χ4n) is 0.739. The van der Waals surface area contributed by atoms with Gasteiger partial charge in [0.25, 0.3) is 5.26 Å². The zero-order valence-electron chi connectivity index (χ0n) is 6.61. The maximum Gasteiger partial charge on any atom is 0.270 e. The van der Waals surface area contributed by atoms with Crippen LogP contribution in [-0.4, -0.2) is 4.98 Å². The van der Waals surface area contributed by atoms with Crippen molar-refractivity contribution in [1.29, 1.82) is 0 Å². The zero-order valence-corrected chi connectivity index (χ0v) is 8.18. The van der Waals surface area contributed by atoms with Crippen molar-refractivity contribution in [2.24, 2.45) is 0 Å². The van der Waals surface area contributed by atoms with E-state index < -0.39 is 5.26 Å². The molecule has 1 heterocycles. The first-order chi connectivity index (χ1) is 4.91. The minimum Gasteiger partial charge on any atom is -0.212 e. The second-order valence-corrected chi connectivity index (χ2v) is 4.89. The van der Waals surface area contributed by atoms with Gasteiger partial charge in [0.2, 0.25) is 0 Å². The zero-order chi connectivity index (χ0) is 8.65. The van der Waals surface area contributed by atoms with Crippen LogP contribution in [0.3, 0.4) is 0 Å². The van der Waals surface area contributed by atoms with E-state index in [-0.39, 0.29) is 5.41 Å². The molecule has 1 aromatic rings. The third-order valence-corrected chi connectivity index (χ3v) is 2.31. The summed E-state index contributed by atoms with van der Waals surface area (Å²) in [6, 6.07) is 0. The molecule has 0 saturated heterocycles. The summed E-state index contributed by atoms with van der Waals surface area (Å²) >= 11 is 6.63. The monoisotopic (exact) mass is 193 g/mol. The Kier molecular flexibility index (Phi) is 2.21. The van der Waals surface area contributed by atoms with Crippen molar-refractivity contribution in [3.05, 3.63) is 15.3 Å². The van der Waals surface area contributed by atoms with Gasteiger partial charge < -0.3 is 0 Å². The third-order valence-electron chi connectivity index (χ3n) is 1.27.